The van der Waals surface area contributed by atoms with Crippen molar-refractivity contribution in [2.75, 3.05) is 19.1 Å². The molecular weight excluding hydrogens is 462 g/mol. The monoisotopic (exact) mass is 489 g/mol. The molecule has 5 rings (SSSR count). The first-order valence-electron chi connectivity index (χ1n) is 12.1. The lowest BCUT2D eigenvalue weighted by Crippen LogP contribution is -2.44. The number of fused-ring (bicyclic) bond motifs is 3. The number of ketones is 1. The van der Waals surface area contributed by atoms with Gasteiger partial charge in [0, 0.05) is 17.2 Å². The van der Waals surface area contributed by atoms with E-state index in [4.69, 9.17) is 9.47 Å². The van der Waals surface area contributed by atoms with Crippen molar-refractivity contribution in [1.82, 2.24) is 0 Å². The number of hydrogen-bond acceptors (Lipinski definition) is 6. The Labute approximate surface area is 217 Å². The number of rotatable bonds is 5. The highest BCUT2D eigenvalue weighted by atomic mass is 16.5. The van der Waals surface area contributed by atoms with Gasteiger partial charge >= 0.3 is 0 Å². The van der Waals surface area contributed by atoms with Crippen LogP contribution in [-0.2, 0) is 0 Å². The molecule has 6 nitrogen and oxygen atoms in total. The molecule has 2 aliphatic heterocycles. The van der Waals surface area contributed by atoms with Gasteiger partial charge < -0.3 is 14.4 Å². The quantitative estimate of drug-likeness (QED) is 0.433. The SMILES string of the molecule is COc1ccc(C2C(C(=O)c3ccc(C)cc3C)N3c4ccccc4C=CC3C2(C#N)C#N)cc1OC. The number of hydrogen-bond donors (Lipinski definition) is 0. The van der Waals surface area contributed by atoms with E-state index in [1.807, 2.05) is 79.4 Å². The largest absolute Gasteiger partial charge is 0.493 e. The third-order valence-electron chi connectivity index (χ3n) is 7.60. The molecule has 1 saturated heterocycles. The lowest BCUT2D eigenvalue weighted by molar-refractivity contribution is 0.0950. The van der Waals surface area contributed by atoms with Gasteiger partial charge in [0.2, 0.25) is 0 Å². The van der Waals surface area contributed by atoms with Crippen LogP contribution in [0, 0.1) is 41.9 Å². The van der Waals surface area contributed by atoms with Gasteiger partial charge in [-0.2, -0.15) is 10.5 Å². The van der Waals surface area contributed by atoms with Gasteiger partial charge in [-0.05, 0) is 48.7 Å². The van der Waals surface area contributed by atoms with E-state index in [0.29, 0.717) is 22.6 Å². The molecule has 2 aliphatic rings. The summed E-state index contributed by atoms with van der Waals surface area (Å²) in [6.07, 6.45) is 3.83. The molecular formula is C31H27N3O3. The van der Waals surface area contributed by atoms with Gasteiger partial charge in [0.15, 0.2) is 22.7 Å². The molecule has 6 heteroatoms. The first kappa shape index (κ1) is 24.2. The van der Waals surface area contributed by atoms with Gasteiger partial charge in [0.1, 0.15) is 6.04 Å². The van der Waals surface area contributed by atoms with Crippen LogP contribution in [0.25, 0.3) is 6.08 Å². The predicted octanol–water partition coefficient (Wildman–Crippen LogP) is 5.60. The van der Waals surface area contributed by atoms with Gasteiger partial charge in [-0.25, -0.2) is 0 Å². The number of anilines is 1. The molecule has 0 spiro atoms. The Morgan fingerprint density at radius 1 is 0.946 bits per heavy atom. The summed E-state index contributed by atoms with van der Waals surface area (Å²) in [7, 11) is 3.09. The number of carbonyl (C=O) groups is 1. The van der Waals surface area contributed by atoms with Crippen LogP contribution in [0.3, 0.4) is 0 Å². The molecule has 3 atom stereocenters. The fraction of sp³-hybridized carbons (Fsp3) is 0.258. The highest BCUT2D eigenvalue weighted by Crippen LogP contribution is 2.56. The van der Waals surface area contributed by atoms with Crippen LogP contribution in [0.2, 0.25) is 0 Å². The van der Waals surface area contributed by atoms with Gasteiger partial charge in [-0.3, -0.25) is 4.79 Å². The van der Waals surface area contributed by atoms with E-state index in [9.17, 15) is 15.3 Å². The fourth-order valence-electron chi connectivity index (χ4n) is 5.90. The maximum atomic E-state index is 14.5. The van der Waals surface area contributed by atoms with Crippen LogP contribution in [0.5, 0.6) is 11.5 Å². The van der Waals surface area contributed by atoms with Crippen LogP contribution in [0.4, 0.5) is 5.69 Å². The highest BCUT2D eigenvalue weighted by Gasteiger charge is 2.63. The van der Waals surface area contributed by atoms with E-state index in [0.717, 1.165) is 22.4 Å². The molecule has 0 amide bonds. The number of benzene rings is 3. The van der Waals surface area contributed by atoms with Crippen molar-refractivity contribution in [3.63, 3.8) is 0 Å². The maximum absolute atomic E-state index is 14.5. The maximum Gasteiger partial charge on any atom is 0.186 e. The number of methoxy groups -OCH3 is 2. The topological polar surface area (TPSA) is 86.4 Å². The van der Waals surface area contributed by atoms with E-state index in [-0.39, 0.29) is 5.78 Å². The summed E-state index contributed by atoms with van der Waals surface area (Å²) in [5.74, 6) is 0.128. The zero-order chi connectivity index (χ0) is 26.3. The lowest BCUT2D eigenvalue weighted by atomic mass is 9.69. The van der Waals surface area contributed by atoms with Crippen molar-refractivity contribution in [3.05, 3.63) is 94.6 Å². The third-order valence-corrected chi connectivity index (χ3v) is 7.60. The number of nitrogens with zero attached hydrogens (tertiary/aromatic N) is 3. The van der Waals surface area contributed by atoms with Crippen LogP contribution in [0.15, 0.2) is 66.7 Å². The van der Waals surface area contributed by atoms with E-state index in [1.54, 1.807) is 26.4 Å². The molecule has 37 heavy (non-hydrogen) atoms. The first-order valence-corrected chi connectivity index (χ1v) is 12.1. The van der Waals surface area contributed by atoms with Crippen LogP contribution in [-0.4, -0.2) is 32.1 Å². The molecule has 1 fully saturated rings. The number of para-hydroxylation sites is 1. The van der Waals surface area contributed by atoms with Gasteiger partial charge in [0.25, 0.3) is 0 Å². The van der Waals surface area contributed by atoms with Crippen molar-refractivity contribution in [2.45, 2.75) is 31.8 Å². The fourth-order valence-corrected chi connectivity index (χ4v) is 5.90. The Bertz CT molecular complexity index is 1500. The smallest absolute Gasteiger partial charge is 0.186 e. The van der Waals surface area contributed by atoms with Crippen LogP contribution >= 0.6 is 0 Å². The van der Waals surface area contributed by atoms with Crippen LogP contribution < -0.4 is 14.4 Å². The van der Waals surface area contributed by atoms with Crippen molar-refractivity contribution in [2.24, 2.45) is 5.41 Å². The summed E-state index contributed by atoms with van der Waals surface area (Å²) < 4.78 is 11.0. The Kier molecular flexibility index (Phi) is 5.97. The van der Waals surface area contributed by atoms with Crippen molar-refractivity contribution < 1.29 is 14.3 Å². The summed E-state index contributed by atoms with van der Waals surface area (Å²) in [4.78, 5) is 16.5. The normalized spacial score (nSPS) is 20.8. The number of nitriles is 2. The molecule has 2 heterocycles. The highest BCUT2D eigenvalue weighted by molar-refractivity contribution is 6.05. The molecule has 0 radical (unpaired) electrons. The zero-order valence-corrected chi connectivity index (χ0v) is 21.2. The molecule has 0 aliphatic carbocycles. The molecule has 3 aromatic carbocycles. The number of aryl methyl sites for hydroxylation is 2. The summed E-state index contributed by atoms with van der Waals surface area (Å²) in [5, 5.41) is 21.2. The standard InChI is InChI=1S/C31H27N3O3/c1-19-9-12-23(20(2)15-19)30(35)29-28(22-10-13-25(36-3)26(16-22)37-4)31(17-32,18-33)27-14-11-21-7-5-6-8-24(21)34(27)29/h5-16,27-29H,1-4H3. The third kappa shape index (κ3) is 3.57. The minimum absolute atomic E-state index is 0.125. The zero-order valence-electron chi connectivity index (χ0n) is 21.2. The first-order chi connectivity index (χ1) is 17.9. The molecule has 3 unspecified atom stereocenters. The Balaban J connectivity index is 1.80. The summed E-state index contributed by atoms with van der Waals surface area (Å²) >= 11 is 0. The second-order valence-corrected chi connectivity index (χ2v) is 9.58. The predicted molar refractivity (Wildman–Crippen MR) is 142 cm³/mol. The molecule has 0 saturated carbocycles. The summed E-state index contributed by atoms with van der Waals surface area (Å²) in [6, 6.07) is 22.2. The Morgan fingerprint density at radius 2 is 1.68 bits per heavy atom. The molecule has 0 aromatic heterocycles. The van der Waals surface area contributed by atoms with Crippen molar-refractivity contribution >= 4 is 17.5 Å². The minimum atomic E-state index is -1.53. The Hall–Kier alpha value is -4.55. The Morgan fingerprint density at radius 3 is 2.35 bits per heavy atom. The molecule has 0 bridgehead atoms. The average molecular weight is 490 g/mol. The van der Waals surface area contributed by atoms with E-state index >= 15 is 0 Å². The van der Waals surface area contributed by atoms with Gasteiger partial charge in [0.05, 0.1) is 32.4 Å². The lowest BCUT2D eigenvalue weighted by Gasteiger charge is -2.35. The van der Waals surface area contributed by atoms with Crippen molar-refractivity contribution in [3.8, 4) is 23.6 Å². The molecule has 3 aromatic rings. The van der Waals surface area contributed by atoms with Gasteiger partial charge in [-0.1, -0.05) is 60.2 Å². The summed E-state index contributed by atoms with van der Waals surface area (Å²) in [6.45, 7) is 3.91. The second-order valence-electron chi connectivity index (χ2n) is 9.58. The van der Waals surface area contributed by atoms with Crippen LogP contribution in [0.1, 0.15) is 38.5 Å². The van der Waals surface area contributed by atoms with Gasteiger partial charge in [-0.15, -0.1) is 0 Å². The van der Waals surface area contributed by atoms with E-state index < -0.39 is 23.4 Å². The average Bonchev–Trinajstić information content (AvgIpc) is 3.23. The van der Waals surface area contributed by atoms with E-state index in [2.05, 4.69) is 12.1 Å². The molecule has 0 N–H and O–H groups in total. The molecule has 184 valence electrons. The number of carbonyl (C=O) groups excluding carboxylic acids is 1. The minimum Gasteiger partial charge on any atom is -0.493 e. The number of ether oxygens (including phenoxy) is 2. The van der Waals surface area contributed by atoms with E-state index in [1.165, 1.54) is 0 Å². The second kappa shape index (κ2) is 9.15. The number of Topliss-reactive ketones (excluding diaryl/α,β-unsaturated/α-hetero) is 1. The summed E-state index contributed by atoms with van der Waals surface area (Å²) in [5.41, 5.74) is 3.42. The van der Waals surface area contributed by atoms with Crippen molar-refractivity contribution in [1.29, 1.82) is 10.5 Å².